The molecule has 0 saturated heterocycles. The summed E-state index contributed by atoms with van der Waals surface area (Å²) in [4.78, 5) is 0. The summed E-state index contributed by atoms with van der Waals surface area (Å²) in [6, 6.07) is 9.52. The smallest absolute Gasteiger partial charge is 0.00671 e. The van der Waals surface area contributed by atoms with Gasteiger partial charge in [-0.25, -0.2) is 0 Å². The summed E-state index contributed by atoms with van der Waals surface area (Å²) in [5, 5.41) is 3.61. The molecule has 0 radical (unpaired) electrons. The minimum Gasteiger partial charge on any atom is -0.314 e. The second-order valence-corrected chi connectivity index (χ2v) is 4.82. The normalized spacial score (nSPS) is 17.7. The van der Waals surface area contributed by atoms with Crippen LogP contribution in [0.3, 0.4) is 0 Å². The Morgan fingerprint density at radius 2 is 2.20 bits per heavy atom. The number of hydrogen-bond donors (Lipinski definition) is 1. The number of nitrogens with one attached hydrogen (secondary N) is 1. The summed E-state index contributed by atoms with van der Waals surface area (Å²) in [5.74, 6) is 0.961. The largest absolute Gasteiger partial charge is 0.314 e. The van der Waals surface area contributed by atoms with E-state index in [9.17, 15) is 0 Å². The maximum absolute atomic E-state index is 3.61. The van der Waals surface area contributed by atoms with Gasteiger partial charge in [0.15, 0.2) is 0 Å². The van der Waals surface area contributed by atoms with E-state index in [0.29, 0.717) is 0 Å². The lowest BCUT2D eigenvalue weighted by molar-refractivity contribution is 0.500. The third-order valence-electron chi connectivity index (χ3n) is 3.29. The molecule has 1 aliphatic rings. The van der Waals surface area contributed by atoms with Crippen LogP contribution in [-0.2, 0) is 6.42 Å². The van der Waals surface area contributed by atoms with Gasteiger partial charge in [-0.3, -0.25) is 0 Å². The van der Waals surface area contributed by atoms with Gasteiger partial charge < -0.3 is 5.32 Å². The fourth-order valence-corrected chi connectivity index (χ4v) is 2.07. The van der Waals surface area contributed by atoms with Gasteiger partial charge >= 0.3 is 0 Å². The Kier molecular flexibility index (Phi) is 3.42. The highest BCUT2D eigenvalue weighted by Crippen LogP contribution is 2.32. The lowest BCUT2D eigenvalue weighted by Gasteiger charge is -2.12. The zero-order valence-corrected chi connectivity index (χ0v) is 9.79. The summed E-state index contributed by atoms with van der Waals surface area (Å²) in [6.45, 7) is 5.58. The molecular formula is C14H21N. The van der Waals surface area contributed by atoms with E-state index in [-0.39, 0.29) is 0 Å². The first kappa shape index (κ1) is 10.7. The van der Waals surface area contributed by atoms with Crippen LogP contribution >= 0.6 is 0 Å². The molecule has 1 nitrogen and oxygen atoms in total. The number of rotatable bonds is 5. The van der Waals surface area contributed by atoms with E-state index >= 15 is 0 Å². The van der Waals surface area contributed by atoms with Crippen molar-refractivity contribution in [2.75, 3.05) is 6.54 Å². The van der Waals surface area contributed by atoms with E-state index < -0.39 is 0 Å². The van der Waals surface area contributed by atoms with Gasteiger partial charge in [0.2, 0.25) is 0 Å². The molecule has 82 valence electrons. The molecule has 0 amide bonds. The first-order valence-electron chi connectivity index (χ1n) is 6.04. The minimum absolute atomic E-state index is 0.717. The summed E-state index contributed by atoms with van der Waals surface area (Å²) < 4.78 is 0. The van der Waals surface area contributed by atoms with E-state index in [1.807, 2.05) is 0 Å². The van der Waals surface area contributed by atoms with E-state index in [0.717, 1.165) is 24.9 Å². The van der Waals surface area contributed by atoms with Crippen LogP contribution in [0.5, 0.6) is 0 Å². The Morgan fingerprint density at radius 1 is 1.40 bits per heavy atom. The zero-order chi connectivity index (χ0) is 10.7. The predicted molar refractivity (Wildman–Crippen MR) is 65.1 cm³/mol. The first-order valence-corrected chi connectivity index (χ1v) is 6.04. The molecule has 15 heavy (non-hydrogen) atoms. The summed E-state index contributed by atoms with van der Waals surface area (Å²) in [7, 11) is 0. The Balaban J connectivity index is 1.73. The Morgan fingerprint density at radius 3 is 2.87 bits per heavy atom. The van der Waals surface area contributed by atoms with Crippen molar-refractivity contribution >= 4 is 0 Å². The second-order valence-electron chi connectivity index (χ2n) is 4.82. The van der Waals surface area contributed by atoms with Gasteiger partial charge in [0.05, 0.1) is 0 Å². The average Bonchev–Trinajstić information content (AvgIpc) is 3.00. The molecule has 1 atom stereocenters. The van der Waals surface area contributed by atoms with Gasteiger partial charge in [-0.1, -0.05) is 29.8 Å². The van der Waals surface area contributed by atoms with Gasteiger partial charge in [-0.15, -0.1) is 0 Å². The Labute approximate surface area is 92.9 Å². The molecule has 0 heterocycles. The van der Waals surface area contributed by atoms with Crippen molar-refractivity contribution in [1.29, 1.82) is 0 Å². The fourth-order valence-electron chi connectivity index (χ4n) is 2.07. The standard InChI is InChI=1S/C14H21N/c1-11-4-3-5-13(10-11)8-9-15-12(2)14-6-7-14/h3-5,10,12,14-15H,6-9H2,1-2H3/t12-/m1/s1. The molecule has 0 bridgehead atoms. The summed E-state index contributed by atoms with van der Waals surface area (Å²) in [6.07, 6.45) is 4.01. The molecule has 1 fully saturated rings. The average molecular weight is 203 g/mol. The molecular weight excluding hydrogens is 182 g/mol. The predicted octanol–water partition coefficient (Wildman–Crippen LogP) is 2.93. The fraction of sp³-hybridized carbons (Fsp3) is 0.571. The van der Waals surface area contributed by atoms with Crippen LogP contribution in [0, 0.1) is 12.8 Å². The molecule has 1 N–H and O–H groups in total. The Hall–Kier alpha value is -0.820. The van der Waals surface area contributed by atoms with Crippen LogP contribution in [-0.4, -0.2) is 12.6 Å². The number of aryl methyl sites for hydroxylation is 1. The molecule has 1 saturated carbocycles. The monoisotopic (exact) mass is 203 g/mol. The topological polar surface area (TPSA) is 12.0 Å². The highest BCUT2D eigenvalue weighted by atomic mass is 14.9. The van der Waals surface area contributed by atoms with Crippen molar-refractivity contribution in [1.82, 2.24) is 5.32 Å². The van der Waals surface area contributed by atoms with Gasteiger partial charge in [-0.2, -0.15) is 0 Å². The summed E-state index contributed by atoms with van der Waals surface area (Å²) in [5.41, 5.74) is 2.81. The molecule has 1 aliphatic carbocycles. The first-order chi connectivity index (χ1) is 7.25. The van der Waals surface area contributed by atoms with Crippen molar-refractivity contribution in [3.05, 3.63) is 35.4 Å². The van der Waals surface area contributed by atoms with Crippen molar-refractivity contribution < 1.29 is 0 Å². The van der Waals surface area contributed by atoms with Crippen LogP contribution in [0.15, 0.2) is 24.3 Å². The van der Waals surface area contributed by atoms with Crippen molar-refractivity contribution in [2.24, 2.45) is 5.92 Å². The van der Waals surface area contributed by atoms with Crippen molar-refractivity contribution in [3.8, 4) is 0 Å². The van der Waals surface area contributed by atoms with Crippen LogP contribution < -0.4 is 5.32 Å². The molecule has 0 aliphatic heterocycles. The van der Waals surface area contributed by atoms with E-state index in [2.05, 4.69) is 43.4 Å². The third-order valence-corrected chi connectivity index (χ3v) is 3.29. The summed E-state index contributed by atoms with van der Waals surface area (Å²) >= 11 is 0. The van der Waals surface area contributed by atoms with Crippen LogP contribution in [0.2, 0.25) is 0 Å². The van der Waals surface area contributed by atoms with E-state index in [1.165, 1.54) is 24.0 Å². The lowest BCUT2D eigenvalue weighted by Crippen LogP contribution is -2.29. The third kappa shape index (κ3) is 3.35. The molecule has 2 rings (SSSR count). The van der Waals surface area contributed by atoms with E-state index in [1.54, 1.807) is 0 Å². The van der Waals surface area contributed by atoms with Gasteiger partial charge in [0.25, 0.3) is 0 Å². The van der Waals surface area contributed by atoms with Gasteiger partial charge in [0.1, 0.15) is 0 Å². The molecule has 0 aromatic heterocycles. The van der Waals surface area contributed by atoms with Gasteiger partial charge in [-0.05, 0) is 51.1 Å². The lowest BCUT2D eigenvalue weighted by atomic mass is 10.1. The highest BCUT2D eigenvalue weighted by Gasteiger charge is 2.27. The van der Waals surface area contributed by atoms with Crippen molar-refractivity contribution in [3.63, 3.8) is 0 Å². The molecule has 1 aromatic rings. The Bertz CT molecular complexity index is 315. The van der Waals surface area contributed by atoms with Crippen LogP contribution in [0.1, 0.15) is 30.9 Å². The van der Waals surface area contributed by atoms with Crippen molar-refractivity contribution in [2.45, 2.75) is 39.2 Å². The molecule has 0 unspecified atom stereocenters. The van der Waals surface area contributed by atoms with E-state index in [4.69, 9.17) is 0 Å². The second kappa shape index (κ2) is 4.80. The minimum atomic E-state index is 0.717. The molecule has 1 aromatic carbocycles. The number of benzene rings is 1. The zero-order valence-electron chi connectivity index (χ0n) is 9.79. The van der Waals surface area contributed by atoms with Crippen LogP contribution in [0.4, 0.5) is 0 Å². The SMILES string of the molecule is Cc1cccc(CCN[C@H](C)C2CC2)c1. The molecule has 0 spiro atoms. The maximum Gasteiger partial charge on any atom is 0.00671 e. The maximum atomic E-state index is 3.61. The number of hydrogen-bond acceptors (Lipinski definition) is 1. The quantitative estimate of drug-likeness (QED) is 0.776. The molecule has 1 heteroatoms. The van der Waals surface area contributed by atoms with Crippen LogP contribution in [0.25, 0.3) is 0 Å². The highest BCUT2D eigenvalue weighted by molar-refractivity contribution is 5.22. The van der Waals surface area contributed by atoms with Gasteiger partial charge in [0, 0.05) is 6.04 Å².